The van der Waals surface area contributed by atoms with E-state index in [0.29, 0.717) is 28.8 Å². The molecule has 0 aliphatic carbocycles. The lowest BCUT2D eigenvalue weighted by molar-refractivity contribution is 0.625. The van der Waals surface area contributed by atoms with Crippen LogP contribution in [0.2, 0.25) is 0 Å². The van der Waals surface area contributed by atoms with E-state index in [-0.39, 0.29) is 11.1 Å². The number of pyridine rings is 1. The van der Waals surface area contributed by atoms with E-state index in [2.05, 4.69) is 5.10 Å². The van der Waals surface area contributed by atoms with Gasteiger partial charge in [0.1, 0.15) is 5.82 Å². The molecule has 0 aliphatic rings. The summed E-state index contributed by atoms with van der Waals surface area (Å²) in [6.45, 7) is 4.14. The lowest BCUT2D eigenvalue weighted by Crippen LogP contribution is -2.23. The van der Waals surface area contributed by atoms with Crippen molar-refractivity contribution >= 4 is 10.9 Å². The molecule has 27 heavy (non-hydrogen) atoms. The Hall–Kier alpha value is -3.41. The van der Waals surface area contributed by atoms with E-state index in [1.165, 1.54) is 28.9 Å². The number of H-pyrrole nitrogens is 1. The largest absolute Gasteiger partial charge is 0.308 e. The number of rotatable bonds is 3. The van der Waals surface area contributed by atoms with Crippen LogP contribution in [0.15, 0.2) is 64.2 Å². The zero-order valence-corrected chi connectivity index (χ0v) is 15.0. The average Bonchev–Trinajstić information content (AvgIpc) is 2.96. The van der Waals surface area contributed by atoms with Gasteiger partial charge in [-0.2, -0.15) is 0 Å². The van der Waals surface area contributed by atoms with E-state index < -0.39 is 5.82 Å². The van der Waals surface area contributed by atoms with Crippen molar-refractivity contribution in [2.45, 2.75) is 20.4 Å². The van der Waals surface area contributed by atoms with Gasteiger partial charge in [0.15, 0.2) is 0 Å². The van der Waals surface area contributed by atoms with Gasteiger partial charge in [-0.1, -0.05) is 35.9 Å². The number of aromatic amines is 1. The maximum atomic E-state index is 13.5. The van der Waals surface area contributed by atoms with Crippen LogP contribution in [0.3, 0.4) is 0 Å². The van der Waals surface area contributed by atoms with Crippen LogP contribution in [-0.2, 0) is 6.54 Å². The predicted molar refractivity (Wildman–Crippen MR) is 103 cm³/mol. The molecule has 2 aromatic heterocycles. The van der Waals surface area contributed by atoms with Crippen molar-refractivity contribution in [2.24, 2.45) is 0 Å². The van der Waals surface area contributed by atoms with E-state index in [4.69, 9.17) is 0 Å². The Morgan fingerprint density at radius 1 is 1.00 bits per heavy atom. The molecule has 0 bridgehead atoms. The van der Waals surface area contributed by atoms with Gasteiger partial charge >= 0.3 is 0 Å². The number of benzene rings is 2. The lowest BCUT2D eigenvalue weighted by Gasteiger charge is -2.10. The minimum Gasteiger partial charge on any atom is -0.308 e. The fraction of sp³-hybridized carbons (Fsp3) is 0.143. The molecular weight excluding hydrogens is 345 g/mol. The van der Waals surface area contributed by atoms with Crippen LogP contribution in [0, 0.1) is 19.7 Å². The number of halogens is 1. The Bertz CT molecular complexity index is 1260. The fourth-order valence-corrected chi connectivity index (χ4v) is 3.28. The molecule has 0 unspecified atom stereocenters. The second-order valence-electron chi connectivity index (χ2n) is 6.66. The molecule has 1 N–H and O–H groups in total. The Kier molecular flexibility index (Phi) is 4.03. The summed E-state index contributed by atoms with van der Waals surface area (Å²) < 4.78 is 16.4. The molecule has 0 saturated carbocycles. The summed E-state index contributed by atoms with van der Waals surface area (Å²) in [6.07, 6.45) is 0. The van der Waals surface area contributed by atoms with E-state index >= 15 is 0 Å². The highest BCUT2D eigenvalue weighted by atomic mass is 19.1. The zero-order valence-electron chi connectivity index (χ0n) is 15.0. The normalized spacial score (nSPS) is 11.2. The Balaban J connectivity index is 1.88. The van der Waals surface area contributed by atoms with Crippen molar-refractivity contribution < 1.29 is 4.39 Å². The SMILES string of the molecule is Cc1ccc(Cn2c(C)c3c(=O)n(-c4cccc(F)c4)[nH]c3cc2=O)cc1. The third kappa shape index (κ3) is 2.99. The van der Waals surface area contributed by atoms with Crippen molar-refractivity contribution in [3.05, 3.63) is 97.9 Å². The van der Waals surface area contributed by atoms with Crippen molar-refractivity contribution in [3.63, 3.8) is 0 Å². The molecule has 0 spiro atoms. The van der Waals surface area contributed by atoms with Gasteiger partial charge in [-0.05, 0) is 37.6 Å². The fourth-order valence-electron chi connectivity index (χ4n) is 3.28. The molecule has 4 aromatic rings. The summed E-state index contributed by atoms with van der Waals surface area (Å²) in [4.78, 5) is 25.5. The number of aromatic nitrogens is 3. The highest BCUT2D eigenvalue weighted by Crippen LogP contribution is 2.15. The summed E-state index contributed by atoms with van der Waals surface area (Å²) >= 11 is 0. The first-order valence-electron chi connectivity index (χ1n) is 8.61. The van der Waals surface area contributed by atoms with E-state index in [1.807, 2.05) is 31.2 Å². The molecule has 0 radical (unpaired) electrons. The van der Waals surface area contributed by atoms with Gasteiger partial charge < -0.3 is 4.57 Å². The topological polar surface area (TPSA) is 59.8 Å². The summed E-state index contributed by atoms with van der Waals surface area (Å²) in [5.74, 6) is -0.436. The first kappa shape index (κ1) is 17.0. The molecule has 0 atom stereocenters. The van der Waals surface area contributed by atoms with Crippen LogP contribution in [0.5, 0.6) is 0 Å². The Morgan fingerprint density at radius 2 is 1.74 bits per heavy atom. The minimum atomic E-state index is -0.436. The molecule has 0 fully saturated rings. The molecular formula is C21H18FN3O2. The second kappa shape index (κ2) is 6.39. The van der Waals surface area contributed by atoms with Crippen LogP contribution in [0.1, 0.15) is 16.8 Å². The van der Waals surface area contributed by atoms with Gasteiger partial charge in [-0.25, -0.2) is 9.07 Å². The van der Waals surface area contributed by atoms with Gasteiger partial charge in [-0.3, -0.25) is 14.7 Å². The van der Waals surface area contributed by atoms with Gasteiger partial charge in [0.25, 0.3) is 11.1 Å². The zero-order chi connectivity index (χ0) is 19.1. The molecule has 4 rings (SSSR count). The number of hydrogen-bond donors (Lipinski definition) is 1. The molecule has 0 saturated heterocycles. The van der Waals surface area contributed by atoms with Gasteiger partial charge in [-0.15, -0.1) is 0 Å². The first-order valence-corrected chi connectivity index (χ1v) is 8.61. The number of aryl methyl sites for hydroxylation is 2. The maximum Gasteiger partial charge on any atom is 0.280 e. The quantitative estimate of drug-likeness (QED) is 0.607. The van der Waals surface area contributed by atoms with Crippen LogP contribution < -0.4 is 11.1 Å². The number of nitrogens with one attached hydrogen (secondary N) is 1. The van der Waals surface area contributed by atoms with Gasteiger partial charge in [0, 0.05) is 11.8 Å². The monoisotopic (exact) mass is 363 g/mol. The van der Waals surface area contributed by atoms with Crippen LogP contribution in [-0.4, -0.2) is 14.3 Å². The van der Waals surface area contributed by atoms with E-state index in [0.717, 1.165) is 11.1 Å². The highest BCUT2D eigenvalue weighted by molar-refractivity contribution is 5.80. The highest BCUT2D eigenvalue weighted by Gasteiger charge is 2.15. The van der Waals surface area contributed by atoms with Crippen molar-refractivity contribution in [2.75, 3.05) is 0 Å². The van der Waals surface area contributed by atoms with Gasteiger partial charge in [0.05, 0.1) is 23.1 Å². The Labute approximate surface area is 154 Å². The smallest absolute Gasteiger partial charge is 0.280 e. The van der Waals surface area contributed by atoms with Crippen LogP contribution in [0.4, 0.5) is 4.39 Å². The molecule has 5 nitrogen and oxygen atoms in total. The van der Waals surface area contributed by atoms with Gasteiger partial charge in [0.2, 0.25) is 0 Å². The van der Waals surface area contributed by atoms with Crippen molar-refractivity contribution in [1.29, 1.82) is 0 Å². The van der Waals surface area contributed by atoms with Crippen molar-refractivity contribution in [3.8, 4) is 5.69 Å². The molecule has 2 aromatic carbocycles. The minimum absolute atomic E-state index is 0.201. The van der Waals surface area contributed by atoms with Crippen molar-refractivity contribution in [1.82, 2.24) is 14.3 Å². The van der Waals surface area contributed by atoms with Crippen LogP contribution in [0.25, 0.3) is 16.6 Å². The third-order valence-corrected chi connectivity index (χ3v) is 4.75. The average molecular weight is 363 g/mol. The summed E-state index contributed by atoms with van der Waals surface area (Å²) in [5, 5.41) is 3.33. The standard InChI is InChI=1S/C21H18FN3O2/c1-13-6-8-15(9-7-13)12-24-14(2)20-18(11-19(24)26)23-25(21(20)27)17-5-3-4-16(22)10-17/h3-11,23H,12H2,1-2H3. The molecule has 6 heteroatoms. The summed E-state index contributed by atoms with van der Waals surface area (Å²) in [6, 6.07) is 15.1. The lowest BCUT2D eigenvalue weighted by atomic mass is 10.1. The number of hydrogen-bond acceptors (Lipinski definition) is 2. The molecule has 0 aliphatic heterocycles. The molecule has 0 amide bonds. The molecule has 2 heterocycles. The molecule has 136 valence electrons. The summed E-state index contributed by atoms with van der Waals surface area (Å²) in [7, 11) is 0. The van der Waals surface area contributed by atoms with E-state index in [1.54, 1.807) is 17.6 Å². The number of fused-ring (bicyclic) bond motifs is 1. The first-order chi connectivity index (χ1) is 12.9. The number of nitrogens with zero attached hydrogens (tertiary/aromatic N) is 2. The van der Waals surface area contributed by atoms with Crippen LogP contribution >= 0.6 is 0 Å². The Morgan fingerprint density at radius 3 is 2.44 bits per heavy atom. The second-order valence-corrected chi connectivity index (χ2v) is 6.66. The predicted octanol–water partition coefficient (Wildman–Crippen LogP) is 3.28. The maximum absolute atomic E-state index is 13.5. The van der Waals surface area contributed by atoms with E-state index in [9.17, 15) is 14.0 Å². The summed E-state index contributed by atoms with van der Waals surface area (Å²) in [5.41, 5.74) is 3.00. The third-order valence-electron chi connectivity index (χ3n) is 4.75.